The molecule has 0 bridgehead atoms. The van der Waals surface area contributed by atoms with Gasteiger partial charge < -0.3 is 4.74 Å². The Hall–Kier alpha value is -2.62. The van der Waals surface area contributed by atoms with Crippen molar-refractivity contribution in [2.75, 3.05) is 13.2 Å². The second-order valence-electron chi connectivity index (χ2n) is 4.54. The Bertz CT molecular complexity index is 706. The van der Waals surface area contributed by atoms with Gasteiger partial charge in [-0.3, -0.25) is 4.79 Å². The van der Waals surface area contributed by atoms with Gasteiger partial charge >= 0.3 is 6.09 Å². The van der Waals surface area contributed by atoms with Crippen molar-refractivity contribution in [3.8, 4) is 0 Å². The largest absolute Gasteiger partial charge is 0.447 e. The summed E-state index contributed by atoms with van der Waals surface area (Å²) in [6.45, 7) is 0.591. The van der Waals surface area contributed by atoms with Crippen molar-refractivity contribution in [1.29, 1.82) is 0 Å². The monoisotopic (exact) mass is 267 g/mol. The van der Waals surface area contributed by atoms with Crippen LogP contribution < -0.4 is 0 Å². The van der Waals surface area contributed by atoms with Gasteiger partial charge in [0.05, 0.1) is 6.54 Å². The highest BCUT2D eigenvalue weighted by molar-refractivity contribution is 6.01. The zero-order valence-corrected chi connectivity index (χ0v) is 10.8. The van der Waals surface area contributed by atoms with Crippen LogP contribution in [-0.4, -0.2) is 30.1 Å². The fourth-order valence-corrected chi connectivity index (χ4v) is 2.16. The summed E-state index contributed by atoms with van der Waals surface area (Å²) in [5.41, 5.74) is 0.921. The van der Waals surface area contributed by atoms with Crippen molar-refractivity contribution in [3.63, 3.8) is 0 Å². The fourth-order valence-electron chi connectivity index (χ4n) is 2.16. The van der Waals surface area contributed by atoms with Crippen LogP contribution in [0.3, 0.4) is 0 Å². The average Bonchev–Trinajstić information content (AvgIpc) is 2.91. The molecule has 0 atom stereocenters. The number of hydrogen-bond acceptors (Lipinski definition) is 3. The molecule has 1 fully saturated rings. The predicted molar refractivity (Wildman–Crippen MR) is 76.0 cm³/mol. The number of carbonyl (C=O) groups is 2. The van der Waals surface area contributed by atoms with Gasteiger partial charge in [0.25, 0.3) is 5.91 Å². The third kappa shape index (κ3) is 2.40. The minimum absolute atomic E-state index is 0.272. The molecular formula is C16H13NO3. The molecule has 1 saturated heterocycles. The Kier molecular flexibility index (Phi) is 3.21. The molecule has 3 rings (SSSR count). The van der Waals surface area contributed by atoms with Crippen molar-refractivity contribution >= 4 is 28.8 Å². The molecule has 100 valence electrons. The molecule has 4 heteroatoms. The molecule has 0 spiro atoms. The highest BCUT2D eigenvalue weighted by Gasteiger charge is 2.26. The van der Waals surface area contributed by atoms with E-state index in [1.807, 2.05) is 42.5 Å². The van der Waals surface area contributed by atoms with Gasteiger partial charge in [-0.25, -0.2) is 9.69 Å². The molecule has 1 aliphatic heterocycles. The minimum Gasteiger partial charge on any atom is -0.447 e. The van der Waals surface area contributed by atoms with Crippen molar-refractivity contribution in [2.45, 2.75) is 0 Å². The number of fused-ring (bicyclic) bond motifs is 1. The normalized spacial score (nSPS) is 15.0. The maximum absolute atomic E-state index is 11.8. The van der Waals surface area contributed by atoms with E-state index in [-0.39, 0.29) is 12.5 Å². The first-order chi connectivity index (χ1) is 9.74. The molecule has 2 aromatic rings. The molecule has 0 saturated carbocycles. The second kappa shape index (κ2) is 5.17. The number of cyclic esters (lactones) is 1. The molecule has 1 heterocycles. The van der Waals surface area contributed by atoms with Crippen LogP contribution in [-0.2, 0) is 9.53 Å². The zero-order chi connectivity index (χ0) is 13.9. The van der Waals surface area contributed by atoms with Crippen molar-refractivity contribution in [2.24, 2.45) is 0 Å². The maximum atomic E-state index is 11.8. The van der Waals surface area contributed by atoms with E-state index >= 15 is 0 Å². The number of imide groups is 1. The van der Waals surface area contributed by atoms with E-state index in [2.05, 4.69) is 0 Å². The zero-order valence-electron chi connectivity index (χ0n) is 10.8. The lowest BCUT2D eigenvalue weighted by atomic mass is 10.1. The second-order valence-corrected chi connectivity index (χ2v) is 4.54. The molecule has 20 heavy (non-hydrogen) atoms. The molecule has 4 nitrogen and oxygen atoms in total. The van der Waals surface area contributed by atoms with Gasteiger partial charge in [0.2, 0.25) is 0 Å². The number of hydrogen-bond donors (Lipinski definition) is 0. The predicted octanol–water partition coefficient (Wildman–Crippen LogP) is 2.83. The topological polar surface area (TPSA) is 46.6 Å². The van der Waals surface area contributed by atoms with Crippen LogP contribution in [0.1, 0.15) is 5.56 Å². The van der Waals surface area contributed by atoms with Crippen molar-refractivity contribution in [3.05, 3.63) is 54.1 Å². The van der Waals surface area contributed by atoms with E-state index in [9.17, 15) is 9.59 Å². The summed E-state index contributed by atoms with van der Waals surface area (Å²) in [4.78, 5) is 24.2. The minimum atomic E-state index is -0.571. The first kappa shape index (κ1) is 12.4. The van der Waals surface area contributed by atoms with Crippen LogP contribution in [0.4, 0.5) is 4.79 Å². The Balaban J connectivity index is 1.80. The number of benzene rings is 2. The van der Waals surface area contributed by atoms with Crippen LogP contribution in [0.25, 0.3) is 16.8 Å². The van der Waals surface area contributed by atoms with Crippen LogP contribution in [0.15, 0.2) is 48.5 Å². The molecule has 0 N–H and O–H groups in total. The van der Waals surface area contributed by atoms with Gasteiger partial charge in [-0.05, 0) is 28.5 Å². The fraction of sp³-hybridized carbons (Fsp3) is 0.125. The molecule has 1 aliphatic rings. The average molecular weight is 267 g/mol. The Morgan fingerprint density at radius 1 is 1.15 bits per heavy atom. The van der Waals surface area contributed by atoms with E-state index in [4.69, 9.17) is 4.74 Å². The van der Waals surface area contributed by atoms with E-state index in [1.54, 1.807) is 6.08 Å². The van der Waals surface area contributed by atoms with Crippen LogP contribution in [0, 0.1) is 0 Å². The van der Waals surface area contributed by atoms with Gasteiger partial charge in [-0.2, -0.15) is 0 Å². The number of carbonyl (C=O) groups excluding carboxylic acids is 2. The number of rotatable bonds is 2. The number of ether oxygens (including phenoxy) is 1. The summed E-state index contributed by atoms with van der Waals surface area (Å²) >= 11 is 0. The smallest absolute Gasteiger partial charge is 0.416 e. The van der Waals surface area contributed by atoms with Gasteiger partial charge in [0.1, 0.15) is 6.61 Å². The number of nitrogens with zero attached hydrogens (tertiary/aromatic N) is 1. The maximum Gasteiger partial charge on any atom is 0.416 e. The first-order valence-corrected chi connectivity index (χ1v) is 6.39. The lowest BCUT2D eigenvalue weighted by Crippen LogP contribution is -2.29. The highest BCUT2D eigenvalue weighted by atomic mass is 16.6. The molecule has 0 unspecified atom stereocenters. The van der Waals surface area contributed by atoms with Gasteiger partial charge in [-0.1, -0.05) is 36.4 Å². The van der Waals surface area contributed by atoms with Gasteiger partial charge in [0, 0.05) is 6.08 Å². The van der Waals surface area contributed by atoms with E-state index in [0.29, 0.717) is 6.54 Å². The number of amides is 2. The Morgan fingerprint density at radius 2 is 1.95 bits per heavy atom. The molecule has 0 aliphatic carbocycles. The van der Waals surface area contributed by atoms with Gasteiger partial charge in [0.15, 0.2) is 0 Å². The summed E-state index contributed by atoms with van der Waals surface area (Å²) in [7, 11) is 0. The highest BCUT2D eigenvalue weighted by Crippen LogP contribution is 2.16. The molecular weight excluding hydrogens is 254 g/mol. The van der Waals surface area contributed by atoms with Crippen LogP contribution >= 0.6 is 0 Å². The summed E-state index contributed by atoms with van der Waals surface area (Å²) in [5, 5.41) is 2.27. The van der Waals surface area contributed by atoms with E-state index in [0.717, 1.165) is 21.2 Å². The van der Waals surface area contributed by atoms with E-state index < -0.39 is 6.09 Å². The van der Waals surface area contributed by atoms with Gasteiger partial charge in [-0.15, -0.1) is 0 Å². The molecule has 0 radical (unpaired) electrons. The van der Waals surface area contributed by atoms with Crippen LogP contribution in [0.2, 0.25) is 0 Å². The first-order valence-electron chi connectivity index (χ1n) is 6.39. The summed E-state index contributed by atoms with van der Waals surface area (Å²) < 4.78 is 4.73. The van der Waals surface area contributed by atoms with Crippen molar-refractivity contribution in [1.82, 2.24) is 4.90 Å². The Morgan fingerprint density at radius 3 is 2.70 bits per heavy atom. The lowest BCUT2D eigenvalue weighted by Gasteiger charge is -2.06. The third-order valence-corrected chi connectivity index (χ3v) is 3.22. The summed E-state index contributed by atoms with van der Waals surface area (Å²) in [5.74, 6) is -0.347. The quantitative estimate of drug-likeness (QED) is 0.786. The van der Waals surface area contributed by atoms with E-state index in [1.165, 1.54) is 6.08 Å². The van der Waals surface area contributed by atoms with Crippen molar-refractivity contribution < 1.29 is 14.3 Å². The SMILES string of the molecule is O=C(/C=C\c1ccc2ccccc2c1)N1CCOC1=O. The lowest BCUT2D eigenvalue weighted by molar-refractivity contribution is -0.122. The third-order valence-electron chi connectivity index (χ3n) is 3.22. The molecule has 2 amide bonds. The molecule has 2 aromatic carbocycles. The Labute approximate surface area is 116 Å². The van der Waals surface area contributed by atoms with Crippen LogP contribution in [0.5, 0.6) is 0 Å². The standard InChI is InChI=1S/C16H13NO3/c18-15(17-9-10-20-16(17)19)8-6-12-5-7-13-3-1-2-4-14(13)11-12/h1-8,11H,9-10H2/b8-6-. The summed E-state index contributed by atoms with van der Waals surface area (Å²) in [6.07, 6.45) is 2.54. The molecule has 0 aromatic heterocycles. The summed E-state index contributed by atoms with van der Waals surface area (Å²) in [6, 6.07) is 14.0.